The molecule has 6 nitrogen and oxygen atoms in total. The Balaban J connectivity index is 1.62. The summed E-state index contributed by atoms with van der Waals surface area (Å²) in [6.07, 6.45) is 5.86. The Bertz CT molecular complexity index is 532. The lowest BCUT2D eigenvalue weighted by Crippen LogP contribution is -2.00. The van der Waals surface area contributed by atoms with Crippen LogP contribution >= 0.6 is 0 Å². The van der Waals surface area contributed by atoms with Gasteiger partial charge in [0.2, 0.25) is 0 Å². The molecule has 6 heteroatoms. The fourth-order valence-electron chi connectivity index (χ4n) is 2.38. The Morgan fingerprint density at radius 1 is 1.44 bits per heavy atom. The van der Waals surface area contributed by atoms with Gasteiger partial charge in [-0.2, -0.15) is 0 Å². The monoisotopic (exact) mass is 247 g/mol. The number of aryl methyl sites for hydroxylation is 1. The molecule has 2 aromatic heterocycles. The number of aromatic nitrogens is 4. The van der Waals surface area contributed by atoms with E-state index in [2.05, 4.69) is 19.9 Å². The zero-order valence-corrected chi connectivity index (χ0v) is 10.2. The minimum Gasteiger partial charge on any atom is -0.382 e. The second-order valence-electron chi connectivity index (χ2n) is 4.76. The molecular formula is C12H17N5O. The van der Waals surface area contributed by atoms with Crippen molar-refractivity contribution in [1.29, 1.82) is 0 Å². The number of aromatic amines is 1. The third-order valence-electron chi connectivity index (χ3n) is 3.42. The predicted molar refractivity (Wildman–Crippen MR) is 68.0 cm³/mol. The van der Waals surface area contributed by atoms with Gasteiger partial charge >= 0.3 is 0 Å². The molecule has 2 aromatic rings. The number of nitrogens with two attached hydrogens (primary N) is 1. The molecule has 3 heterocycles. The fourth-order valence-corrected chi connectivity index (χ4v) is 2.38. The highest BCUT2D eigenvalue weighted by atomic mass is 16.5. The highest BCUT2D eigenvalue weighted by Crippen LogP contribution is 2.20. The van der Waals surface area contributed by atoms with Crippen molar-refractivity contribution in [2.45, 2.75) is 25.7 Å². The Morgan fingerprint density at radius 3 is 3.17 bits per heavy atom. The van der Waals surface area contributed by atoms with Crippen LogP contribution in [0.4, 0.5) is 5.82 Å². The molecule has 0 aliphatic carbocycles. The molecule has 0 amide bonds. The zero-order valence-electron chi connectivity index (χ0n) is 10.2. The molecule has 0 spiro atoms. The quantitative estimate of drug-likeness (QED) is 0.849. The number of H-pyrrole nitrogens is 1. The second kappa shape index (κ2) is 4.89. The molecule has 1 aliphatic heterocycles. The molecule has 1 unspecified atom stereocenters. The molecule has 1 aliphatic rings. The summed E-state index contributed by atoms with van der Waals surface area (Å²) in [6.45, 7) is 1.83. The highest BCUT2D eigenvalue weighted by molar-refractivity contribution is 5.80. The Hall–Kier alpha value is -1.69. The number of imidazole rings is 1. The smallest absolute Gasteiger partial charge is 0.183 e. The summed E-state index contributed by atoms with van der Waals surface area (Å²) in [4.78, 5) is 15.7. The topological polar surface area (TPSA) is 89.7 Å². The number of anilines is 1. The number of ether oxygens (including phenoxy) is 1. The van der Waals surface area contributed by atoms with Crippen LogP contribution in [-0.4, -0.2) is 33.1 Å². The number of nitrogens with zero attached hydrogens (tertiary/aromatic N) is 3. The molecule has 96 valence electrons. The van der Waals surface area contributed by atoms with Gasteiger partial charge in [-0.3, -0.25) is 0 Å². The largest absolute Gasteiger partial charge is 0.382 e. The van der Waals surface area contributed by atoms with Crippen molar-refractivity contribution in [1.82, 2.24) is 19.9 Å². The lowest BCUT2D eigenvalue weighted by atomic mass is 10.0. The lowest BCUT2D eigenvalue weighted by molar-refractivity contribution is 0.184. The average molecular weight is 247 g/mol. The Morgan fingerprint density at radius 2 is 2.39 bits per heavy atom. The first-order valence-electron chi connectivity index (χ1n) is 6.36. The molecule has 18 heavy (non-hydrogen) atoms. The summed E-state index contributed by atoms with van der Waals surface area (Å²) in [6, 6.07) is 0. The summed E-state index contributed by atoms with van der Waals surface area (Å²) >= 11 is 0. The van der Waals surface area contributed by atoms with Gasteiger partial charge in [0, 0.05) is 19.6 Å². The van der Waals surface area contributed by atoms with E-state index in [1.807, 2.05) is 0 Å². The van der Waals surface area contributed by atoms with Crippen LogP contribution < -0.4 is 5.73 Å². The molecular weight excluding hydrogens is 230 g/mol. The maximum Gasteiger partial charge on any atom is 0.183 e. The van der Waals surface area contributed by atoms with Crippen molar-refractivity contribution in [3.63, 3.8) is 0 Å². The van der Waals surface area contributed by atoms with Crippen LogP contribution in [0, 0.1) is 5.92 Å². The Labute approximate surface area is 105 Å². The summed E-state index contributed by atoms with van der Waals surface area (Å²) in [5.41, 5.74) is 7.16. The minimum atomic E-state index is 0.461. The molecule has 1 saturated heterocycles. The van der Waals surface area contributed by atoms with Gasteiger partial charge in [0.05, 0.1) is 0 Å². The number of nitrogens with one attached hydrogen (secondary N) is 1. The van der Waals surface area contributed by atoms with E-state index < -0.39 is 0 Å². The van der Waals surface area contributed by atoms with E-state index >= 15 is 0 Å². The van der Waals surface area contributed by atoms with Crippen LogP contribution in [0.15, 0.2) is 6.33 Å². The Kier molecular flexibility index (Phi) is 3.10. The second-order valence-corrected chi connectivity index (χ2v) is 4.76. The van der Waals surface area contributed by atoms with Gasteiger partial charge in [-0.1, -0.05) is 0 Å². The molecule has 0 radical (unpaired) electrons. The van der Waals surface area contributed by atoms with Crippen molar-refractivity contribution >= 4 is 17.0 Å². The van der Waals surface area contributed by atoms with Gasteiger partial charge in [0.25, 0.3) is 0 Å². The third-order valence-corrected chi connectivity index (χ3v) is 3.42. The molecule has 0 bridgehead atoms. The summed E-state index contributed by atoms with van der Waals surface area (Å²) in [5.74, 6) is 2.12. The van der Waals surface area contributed by atoms with E-state index in [1.165, 1.54) is 19.2 Å². The average Bonchev–Trinajstić information content (AvgIpc) is 2.98. The number of hydrogen-bond donors (Lipinski definition) is 2. The molecule has 3 N–H and O–H groups in total. The van der Waals surface area contributed by atoms with E-state index in [9.17, 15) is 0 Å². The van der Waals surface area contributed by atoms with Crippen LogP contribution in [0.5, 0.6) is 0 Å². The van der Waals surface area contributed by atoms with Crippen LogP contribution in [0.1, 0.15) is 25.1 Å². The molecule has 3 rings (SSSR count). The maximum atomic E-state index is 5.76. The fraction of sp³-hybridized carbons (Fsp3) is 0.583. The van der Waals surface area contributed by atoms with E-state index in [-0.39, 0.29) is 0 Å². The van der Waals surface area contributed by atoms with Crippen molar-refractivity contribution in [2.24, 2.45) is 5.92 Å². The van der Waals surface area contributed by atoms with Gasteiger partial charge < -0.3 is 15.5 Å². The number of rotatable bonds is 4. The van der Waals surface area contributed by atoms with E-state index in [0.717, 1.165) is 43.3 Å². The SMILES string of the molecule is Nc1ncnc2nc(CCCC3CCOC3)[nH]c12. The van der Waals surface area contributed by atoms with Gasteiger partial charge in [-0.05, 0) is 25.2 Å². The maximum absolute atomic E-state index is 5.76. The van der Waals surface area contributed by atoms with Crippen LogP contribution in [-0.2, 0) is 11.2 Å². The first kappa shape index (κ1) is 11.4. The van der Waals surface area contributed by atoms with Crippen molar-refractivity contribution in [2.75, 3.05) is 18.9 Å². The molecule has 0 saturated carbocycles. The van der Waals surface area contributed by atoms with E-state index in [1.54, 1.807) is 0 Å². The van der Waals surface area contributed by atoms with Crippen molar-refractivity contribution < 1.29 is 4.74 Å². The number of hydrogen-bond acceptors (Lipinski definition) is 5. The normalized spacial score (nSPS) is 19.7. The van der Waals surface area contributed by atoms with E-state index in [0.29, 0.717) is 11.5 Å². The number of nitrogen functional groups attached to an aromatic ring is 1. The molecule has 1 atom stereocenters. The lowest BCUT2D eigenvalue weighted by Gasteiger charge is -2.04. The molecule has 0 aromatic carbocycles. The van der Waals surface area contributed by atoms with Crippen molar-refractivity contribution in [3.05, 3.63) is 12.2 Å². The van der Waals surface area contributed by atoms with Gasteiger partial charge in [-0.15, -0.1) is 0 Å². The van der Waals surface area contributed by atoms with Crippen LogP contribution in [0.3, 0.4) is 0 Å². The molecule has 1 fully saturated rings. The van der Waals surface area contributed by atoms with Gasteiger partial charge in [-0.25, -0.2) is 15.0 Å². The van der Waals surface area contributed by atoms with Gasteiger partial charge in [0.1, 0.15) is 17.7 Å². The first-order chi connectivity index (χ1) is 8.83. The highest BCUT2D eigenvalue weighted by Gasteiger charge is 2.15. The van der Waals surface area contributed by atoms with Crippen LogP contribution in [0.25, 0.3) is 11.2 Å². The zero-order chi connectivity index (χ0) is 12.4. The first-order valence-corrected chi connectivity index (χ1v) is 6.36. The standard InChI is InChI=1S/C12H17N5O/c13-11-10-12(15-7-14-11)17-9(16-10)3-1-2-8-4-5-18-6-8/h7-8H,1-6H2,(H3,13,14,15,16,17). The van der Waals surface area contributed by atoms with Crippen molar-refractivity contribution in [3.8, 4) is 0 Å². The predicted octanol–water partition coefficient (Wildman–Crippen LogP) is 1.29. The van der Waals surface area contributed by atoms with Crippen LogP contribution in [0.2, 0.25) is 0 Å². The van der Waals surface area contributed by atoms with Gasteiger partial charge in [0.15, 0.2) is 11.5 Å². The third kappa shape index (κ3) is 2.28. The summed E-state index contributed by atoms with van der Waals surface area (Å²) in [5, 5.41) is 0. The van der Waals surface area contributed by atoms with E-state index in [4.69, 9.17) is 10.5 Å². The summed E-state index contributed by atoms with van der Waals surface area (Å²) in [7, 11) is 0. The summed E-state index contributed by atoms with van der Waals surface area (Å²) < 4.78 is 5.37. The number of fused-ring (bicyclic) bond motifs is 1. The minimum absolute atomic E-state index is 0.461.